The second-order valence-corrected chi connectivity index (χ2v) is 16.2. The largest absolute Gasteiger partial charge is 0.461 e. The highest BCUT2D eigenvalue weighted by atomic mass is 19.4. The molecule has 0 atom stereocenters. The Hall–Kier alpha value is -7.23. The number of hydrogen-bond acceptors (Lipinski definition) is 3. The van der Waals surface area contributed by atoms with Gasteiger partial charge >= 0.3 is 55.4 Å². The SMILES string of the molecule is COC(=O)c1cccc[n+]1CC(=O)c1ccccc1.FC(F)(F)c1cc([B-](c2cc(C(F)(F)F)cc(C(F)(F)F)c2)(c2cc(C(F)(F)F)cc(C(F)(F)F)c2)c2cc(C(F)(F)F)cc(C(F)(F)F)c2)cc(C(F)(F)F)c1. The summed E-state index contributed by atoms with van der Waals surface area (Å²) in [6, 6.07) is 5.30. The minimum absolute atomic E-state index is 0.0537. The van der Waals surface area contributed by atoms with Crippen LogP contribution in [0.3, 0.4) is 0 Å². The molecule has 0 radical (unpaired) electrons. The number of pyridine rings is 1. The summed E-state index contributed by atoms with van der Waals surface area (Å²) in [6.45, 7) is 0.106. The molecule has 0 N–H and O–H groups in total. The third-order valence-electron chi connectivity index (χ3n) is 11.2. The Balaban J connectivity index is 0.000000468. The maximum Gasteiger partial charge on any atom is 0.416 e. The maximum absolute atomic E-state index is 14.2. The molecule has 1 heterocycles. The number of nitrogens with zero attached hydrogens (tertiary/aromatic N) is 1. The van der Waals surface area contributed by atoms with Gasteiger partial charge in [-0.05, 0) is 30.3 Å². The van der Waals surface area contributed by atoms with Gasteiger partial charge in [-0.1, -0.05) is 78.9 Å². The van der Waals surface area contributed by atoms with E-state index in [4.69, 9.17) is 4.74 Å². The van der Waals surface area contributed by atoms with Crippen LogP contribution in [0.1, 0.15) is 65.4 Å². The van der Waals surface area contributed by atoms with Crippen LogP contribution >= 0.6 is 0 Å². The number of ketones is 1. The molecule has 0 aliphatic rings. The summed E-state index contributed by atoms with van der Waals surface area (Å²) >= 11 is 0. The zero-order valence-corrected chi connectivity index (χ0v) is 37.2. The normalized spacial score (nSPS) is 13.2. The zero-order chi connectivity index (χ0) is 57.6. The quantitative estimate of drug-likeness (QED) is 0.0502. The molecule has 76 heavy (non-hydrogen) atoms. The molecule has 0 unspecified atom stereocenters. The molecular weight excluding hydrogens is 1090 g/mol. The molecule has 0 saturated heterocycles. The van der Waals surface area contributed by atoms with Crippen LogP contribution in [0.15, 0.2) is 128 Å². The van der Waals surface area contributed by atoms with E-state index < -0.39 is 201 Å². The molecule has 0 bridgehead atoms. The average molecular weight is 1120 g/mol. The van der Waals surface area contributed by atoms with Gasteiger partial charge in [-0.2, -0.15) is 132 Å². The van der Waals surface area contributed by atoms with Crippen LogP contribution in [0.2, 0.25) is 0 Å². The molecule has 408 valence electrons. The van der Waals surface area contributed by atoms with Crippen LogP contribution in [0.5, 0.6) is 0 Å². The summed E-state index contributed by atoms with van der Waals surface area (Å²) < 4.78 is 347. The molecule has 4 nitrogen and oxygen atoms in total. The fraction of sp³-hybridized carbons (Fsp3) is 0.213. The predicted octanol–water partition coefficient (Wildman–Crippen LogP) is 12.9. The number of carbonyl (C=O) groups is 2. The summed E-state index contributed by atoms with van der Waals surface area (Å²) in [5.74, 6) is -0.511. The van der Waals surface area contributed by atoms with Crippen molar-refractivity contribution in [1.82, 2.24) is 0 Å². The first-order valence-corrected chi connectivity index (χ1v) is 20.5. The molecule has 0 amide bonds. The van der Waals surface area contributed by atoms with Crippen LogP contribution in [-0.2, 0) is 60.7 Å². The Bertz CT molecular complexity index is 2650. The fourth-order valence-corrected chi connectivity index (χ4v) is 7.84. The van der Waals surface area contributed by atoms with Gasteiger partial charge in [0.2, 0.25) is 12.3 Å². The van der Waals surface area contributed by atoms with E-state index in [2.05, 4.69) is 0 Å². The monoisotopic (exact) mass is 1120 g/mol. The standard InChI is InChI=1S/C32H12BF24.C15H14NO3/c34-25(35,36)13-1-14(26(37,38)39)6-21(5-13)33(22-7-15(27(40,41)42)2-16(8-22)28(43,44)45,23-9-17(29(46,47)48)3-18(10-23)30(49,50)51)24-11-19(31(52,53)54)4-20(12-24)32(55,56)57;1-19-15(18)13-9-5-6-10-16(13)11-14(17)12-7-3-2-4-8-12/h1-12H;2-10H,11H2,1H3/q-1;+1. The fourth-order valence-electron chi connectivity index (χ4n) is 7.84. The van der Waals surface area contributed by atoms with Crippen molar-refractivity contribution in [2.75, 3.05) is 7.11 Å². The zero-order valence-electron chi connectivity index (χ0n) is 37.2. The van der Waals surface area contributed by atoms with Gasteiger partial charge in [0.1, 0.15) is 6.15 Å². The van der Waals surface area contributed by atoms with Gasteiger partial charge in [-0.25, -0.2) is 4.79 Å². The van der Waals surface area contributed by atoms with Crippen LogP contribution < -0.4 is 26.4 Å². The first-order valence-electron chi connectivity index (χ1n) is 20.5. The highest BCUT2D eigenvalue weighted by Crippen LogP contribution is 2.41. The van der Waals surface area contributed by atoms with Crippen LogP contribution in [-0.4, -0.2) is 25.0 Å². The van der Waals surface area contributed by atoms with Crippen molar-refractivity contribution in [2.45, 2.75) is 56.0 Å². The molecular formula is C47H26BF24NO3. The average Bonchev–Trinajstić information content (AvgIpc) is 3.29. The van der Waals surface area contributed by atoms with E-state index in [1.165, 1.54) is 7.11 Å². The summed E-state index contributed by atoms with van der Waals surface area (Å²) in [5.41, 5.74) is -29.2. The number of alkyl halides is 24. The summed E-state index contributed by atoms with van der Waals surface area (Å²) in [6.07, 6.45) is -53.1. The molecule has 6 aromatic rings. The van der Waals surface area contributed by atoms with Gasteiger partial charge < -0.3 is 4.74 Å². The number of benzene rings is 5. The second-order valence-electron chi connectivity index (χ2n) is 16.2. The molecule has 6 rings (SSSR count). The van der Waals surface area contributed by atoms with Gasteiger partial charge in [-0.3, -0.25) is 4.79 Å². The molecule has 29 heteroatoms. The van der Waals surface area contributed by atoms with E-state index in [1.54, 1.807) is 41.1 Å². The van der Waals surface area contributed by atoms with Crippen LogP contribution in [0.25, 0.3) is 0 Å². The smallest absolute Gasteiger partial charge is 0.416 e. The lowest BCUT2D eigenvalue weighted by atomic mass is 9.12. The third kappa shape index (κ3) is 13.6. The Morgan fingerprint density at radius 3 is 0.868 bits per heavy atom. The van der Waals surface area contributed by atoms with Crippen molar-refractivity contribution in [2.24, 2.45) is 0 Å². The predicted molar refractivity (Wildman–Crippen MR) is 219 cm³/mol. The van der Waals surface area contributed by atoms with E-state index >= 15 is 0 Å². The summed E-state index contributed by atoms with van der Waals surface area (Å²) in [7, 11) is 1.32. The van der Waals surface area contributed by atoms with Crippen molar-refractivity contribution < 1.29 is 124 Å². The van der Waals surface area contributed by atoms with E-state index in [0.29, 0.717) is 11.3 Å². The van der Waals surface area contributed by atoms with Crippen molar-refractivity contribution >= 4 is 39.7 Å². The van der Waals surface area contributed by atoms with Gasteiger partial charge in [0.05, 0.1) is 51.6 Å². The van der Waals surface area contributed by atoms with Gasteiger partial charge in [0.25, 0.3) is 5.69 Å². The van der Waals surface area contributed by atoms with Crippen LogP contribution in [0.4, 0.5) is 105 Å². The Morgan fingerprint density at radius 1 is 0.382 bits per heavy atom. The number of hydrogen-bond donors (Lipinski definition) is 0. The van der Waals surface area contributed by atoms with E-state index in [-0.39, 0.29) is 12.3 Å². The lowest BCUT2D eigenvalue weighted by Crippen LogP contribution is -2.75. The maximum atomic E-state index is 14.2. The number of esters is 1. The van der Waals surface area contributed by atoms with E-state index in [1.807, 2.05) is 18.2 Å². The minimum atomic E-state index is -6.13. The molecule has 0 spiro atoms. The van der Waals surface area contributed by atoms with Crippen molar-refractivity contribution in [3.05, 3.63) is 183 Å². The Labute approximate surface area is 410 Å². The summed E-state index contributed by atoms with van der Waals surface area (Å²) in [5, 5.41) is 0. The second kappa shape index (κ2) is 20.7. The summed E-state index contributed by atoms with van der Waals surface area (Å²) in [4.78, 5) is 23.7. The molecule has 1 aromatic heterocycles. The highest BCUT2D eigenvalue weighted by Gasteiger charge is 2.47. The lowest BCUT2D eigenvalue weighted by molar-refractivity contribution is -0.685. The first-order chi connectivity index (χ1) is 34.5. The van der Waals surface area contributed by atoms with Gasteiger partial charge in [0, 0.05) is 17.7 Å². The number of ether oxygens (including phenoxy) is 1. The first kappa shape index (κ1) is 59.6. The molecule has 0 aliphatic heterocycles. The van der Waals surface area contributed by atoms with Gasteiger partial charge in [0.15, 0.2) is 6.20 Å². The van der Waals surface area contributed by atoms with Crippen molar-refractivity contribution in [1.29, 1.82) is 0 Å². The van der Waals surface area contributed by atoms with Gasteiger partial charge in [-0.15, -0.1) is 0 Å². The Kier molecular flexibility index (Phi) is 16.3. The number of carbonyl (C=O) groups excluding carboxylic acids is 2. The molecule has 5 aromatic carbocycles. The minimum Gasteiger partial charge on any atom is -0.461 e. The molecule has 0 fully saturated rings. The number of Topliss-reactive ketones (excluding diaryl/α,β-unsaturated/α-hetero) is 1. The Morgan fingerprint density at radius 2 is 0.632 bits per heavy atom. The number of rotatable bonds is 8. The molecule has 0 aliphatic carbocycles. The van der Waals surface area contributed by atoms with Crippen LogP contribution in [0, 0.1) is 0 Å². The number of halogens is 24. The van der Waals surface area contributed by atoms with E-state index in [0.717, 1.165) is 0 Å². The lowest BCUT2D eigenvalue weighted by Gasteiger charge is -2.46. The number of methoxy groups -OCH3 is 1. The van der Waals surface area contributed by atoms with Crippen molar-refractivity contribution in [3.8, 4) is 0 Å². The topological polar surface area (TPSA) is 47.2 Å². The third-order valence-corrected chi connectivity index (χ3v) is 11.2. The van der Waals surface area contributed by atoms with E-state index in [9.17, 15) is 115 Å². The molecule has 0 saturated carbocycles. The highest BCUT2D eigenvalue weighted by molar-refractivity contribution is 7.20. The van der Waals surface area contributed by atoms with Crippen molar-refractivity contribution in [3.63, 3.8) is 0 Å². The number of aromatic nitrogens is 1.